The maximum atomic E-state index is 11.5. The Hall–Kier alpha value is -3.93. The molecular formula is C27H31N7O2. The Morgan fingerprint density at radius 2 is 2.06 bits per heavy atom. The number of rotatable bonds is 7. The quantitative estimate of drug-likeness (QED) is 0.503. The third-order valence-electron chi connectivity index (χ3n) is 7.40. The molecule has 0 radical (unpaired) electrons. The minimum absolute atomic E-state index is 0.312. The second-order valence-corrected chi connectivity index (χ2v) is 9.85. The van der Waals surface area contributed by atoms with E-state index in [0.29, 0.717) is 40.9 Å². The molecule has 36 heavy (non-hydrogen) atoms. The Bertz CT molecular complexity index is 1230. The molecule has 0 spiro atoms. The molecule has 2 fully saturated rings. The number of benzene rings is 1. The van der Waals surface area contributed by atoms with Gasteiger partial charge in [-0.1, -0.05) is 25.0 Å². The first-order chi connectivity index (χ1) is 17.6. The monoisotopic (exact) mass is 485 g/mol. The molecule has 3 heterocycles. The Morgan fingerprint density at radius 3 is 2.86 bits per heavy atom. The molecule has 1 saturated heterocycles. The van der Waals surface area contributed by atoms with Crippen molar-refractivity contribution in [1.82, 2.24) is 15.2 Å². The summed E-state index contributed by atoms with van der Waals surface area (Å²) >= 11 is 0. The predicted molar refractivity (Wildman–Crippen MR) is 136 cm³/mol. The molecule has 1 amide bonds. The fourth-order valence-electron chi connectivity index (χ4n) is 5.59. The van der Waals surface area contributed by atoms with Crippen molar-refractivity contribution in [2.24, 2.45) is 17.6 Å². The molecule has 3 aromatic rings. The number of nitrogens with zero attached hydrogens (tertiary/aromatic N) is 5. The summed E-state index contributed by atoms with van der Waals surface area (Å²) < 4.78 is 6.02. The highest BCUT2D eigenvalue weighted by atomic mass is 16.4. The summed E-state index contributed by atoms with van der Waals surface area (Å²) in [5.41, 5.74) is 6.98. The molecule has 2 aliphatic rings. The molecule has 3 N–H and O–H groups in total. The van der Waals surface area contributed by atoms with Gasteiger partial charge in [-0.05, 0) is 68.2 Å². The topological polar surface area (TPSA) is 134 Å². The van der Waals surface area contributed by atoms with Crippen LogP contribution in [-0.4, -0.2) is 40.2 Å². The Balaban J connectivity index is 1.23. The van der Waals surface area contributed by atoms with E-state index in [-0.39, 0.29) is 0 Å². The number of nitrogens with one attached hydrogen (secondary N) is 1. The minimum Gasteiger partial charge on any atom is -0.424 e. The van der Waals surface area contributed by atoms with Gasteiger partial charge in [-0.3, -0.25) is 4.79 Å². The van der Waals surface area contributed by atoms with Gasteiger partial charge in [0.25, 0.3) is 6.01 Å². The number of piperidine rings is 1. The summed E-state index contributed by atoms with van der Waals surface area (Å²) in [6.07, 6.45) is 9.91. The number of primary amides is 1. The van der Waals surface area contributed by atoms with Gasteiger partial charge in [-0.25, -0.2) is 4.98 Å². The third-order valence-corrected chi connectivity index (χ3v) is 7.40. The Morgan fingerprint density at radius 1 is 1.17 bits per heavy atom. The fourth-order valence-corrected chi connectivity index (χ4v) is 5.59. The van der Waals surface area contributed by atoms with E-state index in [4.69, 9.17) is 15.4 Å². The number of nitriles is 1. The predicted octanol–water partition coefficient (Wildman–Crippen LogP) is 4.38. The van der Waals surface area contributed by atoms with Crippen LogP contribution in [0.3, 0.4) is 0 Å². The molecule has 186 valence electrons. The van der Waals surface area contributed by atoms with E-state index in [9.17, 15) is 4.79 Å². The summed E-state index contributed by atoms with van der Waals surface area (Å²) in [4.78, 5) is 18.3. The van der Waals surface area contributed by atoms with Gasteiger partial charge in [0.2, 0.25) is 5.91 Å². The first-order valence-electron chi connectivity index (χ1n) is 12.7. The van der Waals surface area contributed by atoms with E-state index in [0.717, 1.165) is 43.7 Å². The molecule has 1 aliphatic carbocycles. The van der Waals surface area contributed by atoms with Gasteiger partial charge in [0, 0.05) is 30.3 Å². The number of hydrogen-bond acceptors (Lipinski definition) is 8. The Kier molecular flexibility index (Phi) is 7.12. The maximum absolute atomic E-state index is 11.5. The smallest absolute Gasteiger partial charge is 0.295 e. The SMILES string of the molecule is N#Cc1ccc(N2CCCC(C[C@@H]3CCCC[C@H]3Nc3ncc(-c4cccc(C(N)=O)c4)o3)C2)nn1. The van der Waals surface area contributed by atoms with E-state index in [1.54, 1.807) is 30.5 Å². The van der Waals surface area contributed by atoms with E-state index in [1.165, 1.54) is 25.7 Å². The number of aromatic nitrogens is 3. The number of nitrogens with two attached hydrogens (primary N) is 1. The largest absolute Gasteiger partial charge is 0.424 e. The van der Waals surface area contributed by atoms with Crippen molar-refractivity contribution >= 4 is 17.7 Å². The lowest BCUT2D eigenvalue weighted by Crippen LogP contribution is -2.39. The minimum atomic E-state index is -0.465. The molecule has 1 aliphatic heterocycles. The van der Waals surface area contributed by atoms with Crippen LogP contribution in [0.4, 0.5) is 11.8 Å². The summed E-state index contributed by atoms with van der Waals surface area (Å²) in [6, 6.07) is 13.6. The molecule has 2 aromatic heterocycles. The number of carbonyl (C=O) groups is 1. The van der Waals surface area contributed by atoms with Crippen LogP contribution in [0.25, 0.3) is 11.3 Å². The number of anilines is 2. The number of amides is 1. The normalized spacial score (nSPS) is 22.1. The van der Waals surface area contributed by atoms with E-state index in [2.05, 4.69) is 25.4 Å². The van der Waals surface area contributed by atoms with Crippen molar-refractivity contribution in [3.8, 4) is 17.4 Å². The van der Waals surface area contributed by atoms with Crippen molar-refractivity contribution in [2.75, 3.05) is 23.3 Å². The number of oxazole rings is 1. The second kappa shape index (κ2) is 10.8. The van der Waals surface area contributed by atoms with Gasteiger partial charge < -0.3 is 20.4 Å². The standard InChI is InChI=1S/C27H31N7O2/c28-15-22-10-11-25(33-32-22)34-12-4-5-18(17-34)13-19-6-1-2-9-23(19)31-27-30-16-24(36-27)20-7-3-8-21(14-20)26(29)35/h3,7-8,10-11,14,16,18-19,23H,1-2,4-6,9,12-13,17H2,(H2,29,35)(H,30,31)/t18?,19-,23+/m0/s1. The zero-order chi connectivity index (χ0) is 24.9. The van der Waals surface area contributed by atoms with Crippen molar-refractivity contribution in [1.29, 1.82) is 5.26 Å². The van der Waals surface area contributed by atoms with E-state index >= 15 is 0 Å². The molecular weight excluding hydrogens is 454 g/mol. The fraction of sp³-hybridized carbons (Fsp3) is 0.444. The van der Waals surface area contributed by atoms with Crippen LogP contribution in [0.5, 0.6) is 0 Å². The molecule has 1 aromatic carbocycles. The lowest BCUT2D eigenvalue weighted by molar-refractivity contribution is 0.100. The van der Waals surface area contributed by atoms with Gasteiger partial charge in [0.15, 0.2) is 17.3 Å². The highest BCUT2D eigenvalue weighted by Gasteiger charge is 2.31. The van der Waals surface area contributed by atoms with Crippen LogP contribution in [0.15, 0.2) is 47.0 Å². The second-order valence-electron chi connectivity index (χ2n) is 9.85. The van der Waals surface area contributed by atoms with Gasteiger partial charge >= 0.3 is 0 Å². The van der Waals surface area contributed by atoms with E-state index in [1.807, 2.05) is 18.2 Å². The lowest BCUT2D eigenvalue weighted by atomic mass is 9.77. The number of hydrogen-bond donors (Lipinski definition) is 2. The van der Waals surface area contributed by atoms with Gasteiger partial charge in [-0.15, -0.1) is 10.2 Å². The van der Waals surface area contributed by atoms with Crippen molar-refractivity contribution in [3.05, 3.63) is 53.9 Å². The average Bonchev–Trinajstić information content (AvgIpc) is 3.39. The molecule has 1 saturated carbocycles. The summed E-state index contributed by atoms with van der Waals surface area (Å²) in [5, 5.41) is 20.8. The first kappa shape index (κ1) is 23.8. The Labute approximate surface area is 210 Å². The summed E-state index contributed by atoms with van der Waals surface area (Å²) in [7, 11) is 0. The highest BCUT2D eigenvalue weighted by Crippen LogP contribution is 2.35. The van der Waals surface area contributed by atoms with Crippen LogP contribution in [0, 0.1) is 23.2 Å². The van der Waals surface area contributed by atoms with Gasteiger partial charge in [0.1, 0.15) is 6.07 Å². The zero-order valence-corrected chi connectivity index (χ0v) is 20.3. The van der Waals surface area contributed by atoms with Crippen molar-refractivity contribution < 1.29 is 9.21 Å². The van der Waals surface area contributed by atoms with Crippen LogP contribution in [0.1, 0.15) is 61.0 Å². The molecule has 1 unspecified atom stereocenters. The molecule has 9 nitrogen and oxygen atoms in total. The zero-order valence-electron chi connectivity index (χ0n) is 20.3. The molecule has 0 bridgehead atoms. The lowest BCUT2D eigenvalue weighted by Gasteiger charge is -2.38. The summed E-state index contributed by atoms with van der Waals surface area (Å²) in [5.74, 6) is 2.13. The first-order valence-corrected chi connectivity index (χ1v) is 12.7. The summed E-state index contributed by atoms with van der Waals surface area (Å²) in [6.45, 7) is 1.93. The molecule has 5 rings (SSSR count). The molecule has 3 atom stereocenters. The van der Waals surface area contributed by atoms with E-state index < -0.39 is 5.91 Å². The highest BCUT2D eigenvalue weighted by molar-refractivity contribution is 5.93. The number of carbonyl (C=O) groups excluding carboxylic acids is 1. The van der Waals surface area contributed by atoms with Crippen molar-refractivity contribution in [3.63, 3.8) is 0 Å². The van der Waals surface area contributed by atoms with Crippen molar-refractivity contribution in [2.45, 2.75) is 51.0 Å². The van der Waals surface area contributed by atoms with Crippen LogP contribution in [0.2, 0.25) is 0 Å². The van der Waals surface area contributed by atoms with Crippen LogP contribution >= 0.6 is 0 Å². The van der Waals surface area contributed by atoms with Gasteiger partial charge in [0.05, 0.1) is 6.20 Å². The van der Waals surface area contributed by atoms with Crippen LogP contribution in [-0.2, 0) is 0 Å². The van der Waals surface area contributed by atoms with Gasteiger partial charge in [-0.2, -0.15) is 5.26 Å². The third kappa shape index (κ3) is 5.48. The maximum Gasteiger partial charge on any atom is 0.295 e. The molecule has 9 heteroatoms. The average molecular weight is 486 g/mol. The van der Waals surface area contributed by atoms with Crippen LogP contribution < -0.4 is 16.0 Å².